The molecule has 0 unspecified atom stereocenters. The molecule has 1 aliphatic heterocycles. The average Bonchev–Trinajstić information content (AvgIpc) is 2.84. The van der Waals surface area contributed by atoms with Crippen LogP contribution >= 0.6 is 0 Å². The predicted molar refractivity (Wildman–Crippen MR) is 80.6 cm³/mol. The maximum Gasteiger partial charge on any atom is 0.265 e. The average molecular weight is 288 g/mol. The molecule has 5 heteroatoms. The topological polar surface area (TPSA) is 49.7 Å². The third kappa shape index (κ3) is 2.08. The van der Waals surface area contributed by atoms with E-state index in [-0.39, 0.29) is 0 Å². The predicted octanol–water partition coefficient (Wildman–Crippen LogP) is 2.57. The number of sulfonamides is 1. The van der Waals surface area contributed by atoms with E-state index in [1.165, 1.54) is 4.31 Å². The van der Waals surface area contributed by atoms with Crippen LogP contribution in [0, 0.1) is 6.92 Å². The molecule has 0 atom stereocenters. The summed E-state index contributed by atoms with van der Waals surface area (Å²) in [6.07, 6.45) is 0. The number of hydrogen-bond acceptors (Lipinski definition) is 3. The second-order valence-corrected chi connectivity index (χ2v) is 6.88. The van der Waals surface area contributed by atoms with Gasteiger partial charge in [-0.1, -0.05) is 29.8 Å². The Morgan fingerprint density at radius 3 is 2.50 bits per heavy atom. The molecule has 0 radical (unpaired) electrons. The van der Waals surface area contributed by atoms with Gasteiger partial charge >= 0.3 is 0 Å². The van der Waals surface area contributed by atoms with Gasteiger partial charge in [-0.2, -0.15) is 0 Å². The maximum atomic E-state index is 12.6. The molecule has 0 spiro atoms. The Kier molecular flexibility index (Phi) is 3.01. The van der Waals surface area contributed by atoms with Crippen LogP contribution in [0.1, 0.15) is 12.5 Å². The molecule has 0 N–H and O–H groups in total. The fraction of sp³-hybridized carbons (Fsp3) is 0.267. The number of benzene rings is 2. The molecule has 20 heavy (non-hydrogen) atoms. The Labute approximate surface area is 118 Å². The van der Waals surface area contributed by atoms with Crippen molar-refractivity contribution in [3.63, 3.8) is 0 Å². The van der Waals surface area contributed by atoms with E-state index < -0.39 is 10.0 Å². The molecule has 3 rings (SSSR count). The summed E-state index contributed by atoms with van der Waals surface area (Å²) in [7, 11) is -3.49. The highest BCUT2D eigenvalue weighted by atomic mass is 32.2. The van der Waals surface area contributed by atoms with Gasteiger partial charge in [-0.05, 0) is 36.8 Å². The van der Waals surface area contributed by atoms with Crippen LogP contribution in [-0.2, 0) is 10.0 Å². The summed E-state index contributed by atoms with van der Waals surface area (Å²) in [4.78, 5) is 4.48. The molecule has 1 aliphatic rings. The number of nitrogens with zero attached hydrogens (tertiary/aromatic N) is 2. The number of amidine groups is 1. The first-order valence-corrected chi connectivity index (χ1v) is 7.97. The molecule has 1 heterocycles. The highest BCUT2D eigenvalue weighted by molar-refractivity contribution is 7.89. The standard InChI is InChI=1S/C15H16N2O2S/c1-11-3-4-13-5-6-15(10-14(13)9-11)20(18,19)17-8-7-16-12(17)2/h3-6,9-10H,7-8H2,1-2H3. The van der Waals surface area contributed by atoms with Crippen LogP contribution in [0.15, 0.2) is 46.3 Å². The molecule has 4 nitrogen and oxygen atoms in total. The zero-order chi connectivity index (χ0) is 14.3. The van der Waals surface area contributed by atoms with Gasteiger partial charge in [0.2, 0.25) is 0 Å². The number of rotatable bonds is 2. The van der Waals surface area contributed by atoms with Gasteiger partial charge in [-0.25, -0.2) is 8.42 Å². The zero-order valence-corrected chi connectivity index (χ0v) is 12.3. The third-order valence-electron chi connectivity index (χ3n) is 3.56. The monoisotopic (exact) mass is 288 g/mol. The van der Waals surface area contributed by atoms with Crippen LogP contribution in [0.2, 0.25) is 0 Å². The van der Waals surface area contributed by atoms with Gasteiger partial charge in [-0.3, -0.25) is 9.30 Å². The van der Waals surface area contributed by atoms with Crippen LogP contribution in [0.4, 0.5) is 0 Å². The van der Waals surface area contributed by atoms with Gasteiger partial charge in [0.05, 0.1) is 18.0 Å². The summed E-state index contributed by atoms with van der Waals surface area (Å²) < 4.78 is 26.6. The Balaban J connectivity index is 2.12. The first kappa shape index (κ1) is 13.1. The highest BCUT2D eigenvalue weighted by Gasteiger charge is 2.28. The molecule has 0 aliphatic carbocycles. The van der Waals surface area contributed by atoms with E-state index in [2.05, 4.69) is 4.99 Å². The van der Waals surface area contributed by atoms with Gasteiger partial charge < -0.3 is 0 Å². The molecule has 0 saturated carbocycles. The number of hydrogen-bond donors (Lipinski definition) is 0. The SMILES string of the molecule is CC1=NCCN1S(=O)(=O)c1ccc2ccc(C)cc2c1. The molecule has 2 aromatic carbocycles. The molecule has 0 aromatic heterocycles. The number of fused-ring (bicyclic) bond motifs is 1. The van der Waals surface area contributed by atoms with E-state index in [4.69, 9.17) is 0 Å². The normalized spacial score (nSPS) is 15.7. The van der Waals surface area contributed by atoms with Crippen LogP contribution in [0.3, 0.4) is 0 Å². The van der Waals surface area contributed by atoms with Crippen molar-refractivity contribution in [1.29, 1.82) is 0 Å². The van der Waals surface area contributed by atoms with E-state index in [0.29, 0.717) is 23.8 Å². The lowest BCUT2D eigenvalue weighted by atomic mass is 10.1. The van der Waals surface area contributed by atoms with Crippen LogP contribution in [0.5, 0.6) is 0 Å². The van der Waals surface area contributed by atoms with Crippen molar-refractivity contribution in [2.24, 2.45) is 4.99 Å². The second kappa shape index (κ2) is 4.59. The Morgan fingerprint density at radius 1 is 1.05 bits per heavy atom. The van der Waals surface area contributed by atoms with E-state index in [0.717, 1.165) is 16.3 Å². The van der Waals surface area contributed by atoms with Crippen molar-refractivity contribution in [1.82, 2.24) is 4.31 Å². The van der Waals surface area contributed by atoms with Gasteiger partial charge in [0, 0.05) is 0 Å². The van der Waals surface area contributed by atoms with Crippen molar-refractivity contribution >= 4 is 26.6 Å². The minimum absolute atomic E-state index is 0.326. The molecular formula is C15H16N2O2S. The van der Waals surface area contributed by atoms with Gasteiger partial charge in [-0.15, -0.1) is 0 Å². The molecule has 0 saturated heterocycles. The first-order valence-electron chi connectivity index (χ1n) is 6.53. The molecule has 2 aromatic rings. The first-order chi connectivity index (χ1) is 9.48. The summed E-state index contributed by atoms with van der Waals surface area (Å²) in [6, 6.07) is 11.3. The summed E-state index contributed by atoms with van der Waals surface area (Å²) in [5, 5.41) is 1.99. The summed E-state index contributed by atoms with van der Waals surface area (Å²) >= 11 is 0. The van der Waals surface area contributed by atoms with E-state index in [1.54, 1.807) is 19.1 Å². The van der Waals surface area contributed by atoms with Crippen molar-refractivity contribution in [3.8, 4) is 0 Å². The van der Waals surface area contributed by atoms with Gasteiger partial charge in [0.15, 0.2) is 0 Å². The number of aliphatic imine (C=N–C) groups is 1. The zero-order valence-electron chi connectivity index (χ0n) is 11.5. The number of aryl methyl sites for hydroxylation is 1. The lowest BCUT2D eigenvalue weighted by Gasteiger charge is -2.18. The van der Waals surface area contributed by atoms with Gasteiger partial charge in [0.25, 0.3) is 10.0 Å². The van der Waals surface area contributed by atoms with Crippen LogP contribution in [-0.4, -0.2) is 31.6 Å². The van der Waals surface area contributed by atoms with E-state index in [9.17, 15) is 8.42 Å². The fourth-order valence-corrected chi connectivity index (χ4v) is 3.97. The second-order valence-electron chi connectivity index (χ2n) is 5.02. The van der Waals surface area contributed by atoms with E-state index >= 15 is 0 Å². The summed E-state index contributed by atoms with van der Waals surface area (Å²) in [5.41, 5.74) is 1.12. The van der Waals surface area contributed by atoms with Crippen molar-refractivity contribution < 1.29 is 8.42 Å². The maximum absolute atomic E-state index is 12.6. The largest absolute Gasteiger partial charge is 0.270 e. The quantitative estimate of drug-likeness (QED) is 0.852. The fourth-order valence-electron chi connectivity index (χ4n) is 2.47. The third-order valence-corrected chi connectivity index (χ3v) is 5.44. The van der Waals surface area contributed by atoms with Crippen molar-refractivity contribution in [2.75, 3.05) is 13.1 Å². The molecule has 0 bridgehead atoms. The van der Waals surface area contributed by atoms with Crippen LogP contribution in [0.25, 0.3) is 10.8 Å². The molecular weight excluding hydrogens is 272 g/mol. The summed E-state index contributed by atoms with van der Waals surface area (Å²) in [5.74, 6) is 0.564. The minimum atomic E-state index is -3.49. The summed E-state index contributed by atoms with van der Waals surface area (Å²) in [6.45, 7) is 4.70. The molecule has 0 amide bonds. The van der Waals surface area contributed by atoms with E-state index in [1.807, 2.05) is 31.2 Å². The highest BCUT2D eigenvalue weighted by Crippen LogP contribution is 2.24. The Morgan fingerprint density at radius 2 is 1.80 bits per heavy atom. The lowest BCUT2D eigenvalue weighted by Crippen LogP contribution is -2.32. The minimum Gasteiger partial charge on any atom is -0.270 e. The van der Waals surface area contributed by atoms with Crippen molar-refractivity contribution in [2.45, 2.75) is 18.7 Å². The lowest BCUT2D eigenvalue weighted by molar-refractivity contribution is 0.537. The van der Waals surface area contributed by atoms with Crippen LogP contribution < -0.4 is 0 Å². The van der Waals surface area contributed by atoms with Gasteiger partial charge in [0.1, 0.15) is 5.84 Å². The smallest absolute Gasteiger partial charge is 0.265 e. The van der Waals surface area contributed by atoms with Crippen molar-refractivity contribution in [3.05, 3.63) is 42.0 Å². The Bertz CT molecular complexity index is 810. The molecule has 104 valence electrons. The molecule has 0 fully saturated rings. The Hall–Kier alpha value is -1.88.